The van der Waals surface area contributed by atoms with Gasteiger partial charge in [-0.3, -0.25) is 0 Å². The van der Waals surface area contributed by atoms with Gasteiger partial charge in [-0.25, -0.2) is 0 Å². The van der Waals surface area contributed by atoms with E-state index >= 15 is 0 Å². The van der Waals surface area contributed by atoms with Crippen molar-refractivity contribution in [3.63, 3.8) is 0 Å². The predicted octanol–water partition coefficient (Wildman–Crippen LogP) is 5.18. The smallest absolute Gasteiger partial charge is 0.104 e. The normalized spacial score (nSPS) is 14.9. The van der Waals surface area contributed by atoms with Crippen LogP contribution in [-0.2, 0) is 14.2 Å². The van der Waals surface area contributed by atoms with Gasteiger partial charge in [0.2, 0.25) is 0 Å². The molecule has 0 fully saturated rings. The Morgan fingerprint density at radius 1 is 0.652 bits per heavy atom. The number of hydrogen-bond acceptors (Lipinski definition) is 3. The first-order valence-corrected chi connectivity index (χ1v) is 9.63. The van der Waals surface area contributed by atoms with Crippen molar-refractivity contribution in [3.05, 3.63) is 0 Å². The average Bonchev–Trinajstić information content (AvgIpc) is 2.50. The van der Waals surface area contributed by atoms with Crippen LogP contribution in [0.25, 0.3) is 0 Å². The fourth-order valence-corrected chi connectivity index (χ4v) is 2.07. The molecule has 0 aromatic heterocycles. The van der Waals surface area contributed by atoms with Crippen LogP contribution in [0.4, 0.5) is 0 Å². The van der Waals surface area contributed by atoms with Gasteiger partial charge in [-0.05, 0) is 36.5 Å². The Balaban J connectivity index is 4.09. The first-order valence-electron chi connectivity index (χ1n) is 9.63. The van der Waals surface area contributed by atoms with Crippen LogP contribution in [0.2, 0.25) is 0 Å². The first kappa shape index (κ1) is 22.9. The summed E-state index contributed by atoms with van der Waals surface area (Å²) in [4.78, 5) is 0. The Bertz CT molecular complexity index is 237. The van der Waals surface area contributed by atoms with Gasteiger partial charge in [0.1, 0.15) is 6.10 Å². The largest absolute Gasteiger partial charge is 0.379 e. The van der Waals surface area contributed by atoms with Crippen LogP contribution in [0.15, 0.2) is 0 Å². The van der Waals surface area contributed by atoms with Crippen LogP contribution >= 0.6 is 0 Å². The van der Waals surface area contributed by atoms with E-state index in [1.54, 1.807) is 0 Å². The van der Waals surface area contributed by atoms with Gasteiger partial charge < -0.3 is 14.2 Å². The van der Waals surface area contributed by atoms with Crippen molar-refractivity contribution in [1.82, 2.24) is 0 Å². The van der Waals surface area contributed by atoms with Crippen molar-refractivity contribution < 1.29 is 14.2 Å². The lowest BCUT2D eigenvalue weighted by atomic mass is 9.94. The zero-order valence-corrected chi connectivity index (χ0v) is 16.8. The van der Waals surface area contributed by atoms with E-state index in [2.05, 4.69) is 48.5 Å². The number of ether oxygens (including phenoxy) is 3. The fraction of sp³-hybridized carbons (Fsp3) is 1.00. The van der Waals surface area contributed by atoms with Crippen molar-refractivity contribution in [2.24, 2.45) is 23.7 Å². The Kier molecular flexibility index (Phi) is 14.2. The molecular formula is C20H42O3. The van der Waals surface area contributed by atoms with Crippen LogP contribution < -0.4 is 0 Å². The van der Waals surface area contributed by atoms with Crippen LogP contribution in [0, 0.1) is 23.7 Å². The summed E-state index contributed by atoms with van der Waals surface area (Å²) < 4.78 is 17.7. The molecule has 3 nitrogen and oxygen atoms in total. The Hall–Kier alpha value is -0.120. The Morgan fingerprint density at radius 3 is 1.52 bits per heavy atom. The minimum Gasteiger partial charge on any atom is -0.379 e. The fourth-order valence-electron chi connectivity index (χ4n) is 2.07. The molecule has 2 unspecified atom stereocenters. The summed E-state index contributed by atoms with van der Waals surface area (Å²) in [6, 6.07) is 0. The van der Waals surface area contributed by atoms with Crippen LogP contribution in [-0.4, -0.2) is 39.1 Å². The number of rotatable bonds is 15. The van der Waals surface area contributed by atoms with Gasteiger partial charge >= 0.3 is 0 Å². The van der Waals surface area contributed by atoms with Crippen LogP contribution in [0.3, 0.4) is 0 Å². The third-order valence-corrected chi connectivity index (χ3v) is 4.50. The van der Waals surface area contributed by atoms with Crippen molar-refractivity contribution >= 4 is 0 Å². The molecule has 0 N–H and O–H groups in total. The maximum Gasteiger partial charge on any atom is 0.104 e. The van der Waals surface area contributed by atoms with Gasteiger partial charge in [0.05, 0.1) is 13.2 Å². The van der Waals surface area contributed by atoms with E-state index in [0.29, 0.717) is 36.9 Å². The minimum absolute atomic E-state index is 0.0563. The molecule has 0 aromatic carbocycles. The third-order valence-electron chi connectivity index (χ3n) is 4.50. The van der Waals surface area contributed by atoms with E-state index in [-0.39, 0.29) is 6.10 Å². The highest BCUT2D eigenvalue weighted by molar-refractivity contribution is 4.63. The quantitative estimate of drug-likeness (QED) is 0.387. The molecule has 0 bridgehead atoms. The SMILES string of the molecule is CCC(C)C(C)COC(COCCC(C)C)COCCC(C)C. The lowest BCUT2D eigenvalue weighted by Gasteiger charge is -2.23. The monoisotopic (exact) mass is 330 g/mol. The highest BCUT2D eigenvalue weighted by Crippen LogP contribution is 2.15. The van der Waals surface area contributed by atoms with Crippen LogP contribution in [0.1, 0.15) is 67.7 Å². The predicted molar refractivity (Wildman–Crippen MR) is 98.9 cm³/mol. The molecule has 0 spiro atoms. The Labute approximate surface area is 145 Å². The maximum absolute atomic E-state index is 6.09. The van der Waals surface area contributed by atoms with Gasteiger partial charge in [-0.1, -0.05) is 54.9 Å². The second-order valence-electron chi connectivity index (χ2n) is 7.83. The minimum atomic E-state index is 0.0563. The van der Waals surface area contributed by atoms with Gasteiger partial charge in [0.25, 0.3) is 0 Å². The van der Waals surface area contributed by atoms with E-state index in [4.69, 9.17) is 14.2 Å². The molecule has 0 heterocycles. The maximum atomic E-state index is 6.09. The summed E-state index contributed by atoms with van der Waals surface area (Å²) in [6.45, 7) is 19.4. The lowest BCUT2D eigenvalue weighted by molar-refractivity contribution is -0.0734. The molecule has 0 amide bonds. The summed E-state index contributed by atoms with van der Waals surface area (Å²) in [5.74, 6) is 2.64. The van der Waals surface area contributed by atoms with E-state index in [1.165, 1.54) is 6.42 Å². The topological polar surface area (TPSA) is 27.7 Å². The van der Waals surface area contributed by atoms with Crippen molar-refractivity contribution in [2.75, 3.05) is 33.0 Å². The first-order chi connectivity index (χ1) is 10.9. The molecule has 0 rings (SSSR count). The van der Waals surface area contributed by atoms with Crippen LogP contribution in [0.5, 0.6) is 0 Å². The second-order valence-corrected chi connectivity index (χ2v) is 7.83. The van der Waals surface area contributed by atoms with E-state index in [1.807, 2.05) is 0 Å². The molecular weight excluding hydrogens is 288 g/mol. The van der Waals surface area contributed by atoms with E-state index in [0.717, 1.165) is 32.7 Å². The van der Waals surface area contributed by atoms with Crippen molar-refractivity contribution in [1.29, 1.82) is 0 Å². The van der Waals surface area contributed by atoms with E-state index in [9.17, 15) is 0 Å². The lowest BCUT2D eigenvalue weighted by Crippen LogP contribution is -2.29. The molecule has 0 radical (unpaired) electrons. The summed E-state index contributed by atoms with van der Waals surface area (Å²) in [7, 11) is 0. The molecule has 2 atom stereocenters. The molecule has 0 aromatic rings. The summed E-state index contributed by atoms with van der Waals surface area (Å²) in [5, 5.41) is 0. The zero-order chi connectivity index (χ0) is 17.7. The molecule has 23 heavy (non-hydrogen) atoms. The van der Waals surface area contributed by atoms with Crippen molar-refractivity contribution in [2.45, 2.75) is 73.8 Å². The molecule has 0 aliphatic carbocycles. The van der Waals surface area contributed by atoms with E-state index < -0.39 is 0 Å². The third kappa shape index (κ3) is 14.0. The molecule has 0 aliphatic heterocycles. The molecule has 3 heteroatoms. The Morgan fingerprint density at radius 2 is 1.13 bits per heavy atom. The van der Waals surface area contributed by atoms with Gasteiger partial charge in [-0.15, -0.1) is 0 Å². The molecule has 0 saturated heterocycles. The van der Waals surface area contributed by atoms with Gasteiger partial charge in [0, 0.05) is 19.8 Å². The molecule has 0 aliphatic rings. The highest BCUT2D eigenvalue weighted by Gasteiger charge is 2.15. The standard InChI is InChI=1S/C20H42O3/c1-8-18(6)19(7)13-23-20(14-21-11-9-16(2)3)15-22-12-10-17(4)5/h16-20H,8-15H2,1-7H3. The summed E-state index contributed by atoms with van der Waals surface area (Å²) in [5.41, 5.74) is 0. The zero-order valence-electron chi connectivity index (χ0n) is 16.8. The van der Waals surface area contributed by atoms with Gasteiger partial charge in [-0.2, -0.15) is 0 Å². The number of hydrogen-bond donors (Lipinski definition) is 0. The van der Waals surface area contributed by atoms with Crippen molar-refractivity contribution in [3.8, 4) is 0 Å². The summed E-state index contributed by atoms with van der Waals surface area (Å²) >= 11 is 0. The van der Waals surface area contributed by atoms with Gasteiger partial charge in [0.15, 0.2) is 0 Å². The molecule has 140 valence electrons. The second kappa shape index (κ2) is 14.2. The summed E-state index contributed by atoms with van der Waals surface area (Å²) in [6.07, 6.45) is 3.46. The highest BCUT2D eigenvalue weighted by atomic mass is 16.6. The molecule has 0 saturated carbocycles. The average molecular weight is 331 g/mol.